The van der Waals surface area contributed by atoms with E-state index in [0.29, 0.717) is 0 Å². The maximum atomic E-state index is 6.97. The first kappa shape index (κ1) is 8.82. The van der Waals surface area contributed by atoms with Gasteiger partial charge in [-0.05, 0) is 0 Å². The van der Waals surface area contributed by atoms with Crippen LogP contribution in [0.1, 0.15) is 0 Å². The second kappa shape index (κ2) is 72.9. The summed E-state index contributed by atoms with van der Waals surface area (Å²) in [6.07, 6.45) is 0. The van der Waals surface area contributed by atoms with Gasteiger partial charge < -0.3 is 0 Å². The predicted molar refractivity (Wildman–Crippen MR) is 10.6 cm³/mol. The van der Waals surface area contributed by atoms with Gasteiger partial charge in [0.2, 0.25) is 0 Å². The summed E-state index contributed by atoms with van der Waals surface area (Å²) in [6, 6.07) is 0. The minimum atomic E-state index is 1.14. The first-order chi connectivity index (χ1) is 2.00. The van der Waals surface area contributed by atoms with E-state index in [0.717, 1.165) is 20.2 Å². The Labute approximate surface area is 36.3 Å². The Bertz CT molecular complexity index is 6.00. The molecule has 0 aromatic heterocycles. The van der Waals surface area contributed by atoms with Crippen LogP contribution in [0.15, 0.2) is 0 Å². The van der Waals surface area contributed by atoms with E-state index in [4.69, 9.17) is 3.76 Å². The SMILES string of the molecule is NN.[OH][Pt]. The van der Waals surface area contributed by atoms with Crippen LogP contribution in [-0.2, 0) is 20.2 Å². The van der Waals surface area contributed by atoms with Gasteiger partial charge in [-0.25, -0.2) is 0 Å². The average Bonchev–Trinajstić information content (AvgIpc) is 1.50. The Kier molecular flexibility index (Phi) is 161. The van der Waals surface area contributed by atoms with Crippen LogP contribution in [0.5, 0.6) is 0 Å². The van der Waals surface area contributed by atoms with Gasteiger partial charge in [0.15, 0.2) is 0 Å². The molecule has 4 heteroatoms. The Morgan fingerprint density at radius 3 is 1.25 bits per heavy atom. The van der Waals surface area contributed by atoms with Gasteiger partial charge >= 0.3 is 24.0 Å². The molecule has 0 bridgehead atoms. The van der Waals surface area contributed by atoms with Gasteiger partial charge in [-0.15, -0.1) is 0 Å². The zero-order valence-corrected chi connectivity index (χ0v) is 4.19. The summed E-state index contributed by atoms with van der Waals surface area (Å²) >= 11 is 1.14. The molecule has 31 valence electrons. The maximum absolute atomic E-state index is 6.97. The molecule has 0 aliphatic carbocycles. The van der Waals surface area contributed by atoms with E-state index in [-0.39, 0.29) is 0 Å². The van der Waals surface area contributed by atoms with Gasteiger partial charge in [0.05, 0.1) is 0 Å². The van der Waals surface area contributed by atoms with Crippen LogP contribution >= 0.6 is 0 Å². The van der Waals surface area contributed by atoms with E-state index in [9.17, 15) is 0 Å². The molecule has 0 radical (unpaired) electrons. The molecule has 0 amide bonds. The van der Waals surface area contributed by atoms with Crippen LogP contribution in [0.3, 0.4) is 0 Å². The summed E-state index contributed by atoms with van der Waals surface area (Å²) in [5, 5.41) is 0. The van der Waals surface area contributed by atoms with Crippen LogP contribution in [0, 0.1) is 0 Å². The second-order valence-electron chi connectivity index (χ2n) is 0. The van der Waals surface area contributed by atoms with Crippen molar-refractivity contribution in [1.29, 1.82) is 0 Å². The standard InChI is InChI=1S/H4N2.H2O.Pt/c1-2;;/h1-2H2;1H2;/q;;+1/p-1. The van der Waals surface area contributed by atoms with Crippen molar-refractivity contribution in [3.05, 3.63) is 0 Å². The van der Waals surface area contributed by atoms with Crippen molar-refractivity contribution < 1.29 is 24.0 Å². The summed E-state index contributed by atoms with van der Waals surface area (Å²) < 4.78 is 6.97. The number of nitrogens with two attached hydrogens (primary N) is 2. The Balaban J connectivity index is 0. The molecule has 0 rings (SSSR count). The van der Waals surface area contributed by atoms with Gasteiger partial charge in [-0.2, -0.15) is 0 Å². The van der Waals surface area contributed by atoms with Gasteiger partial charge in [-0.1, -0.05) is 0 Å². The summed E-state index contributed by atoms with van der Waals surface area (Å²) in [5.41, 5.74) is 0. The molecule has 3 nitrogen and oxygen atoms in total. The van der Waals surface area contributed by atoms with Gasteiger partial charge in [0.1, 0.15) is 0 Å². The second-order valence-corrected chi connectivity index (χ2v) is 0. The Hall–Kier alpha value is 0.568. The van der Waals surface area contributed by atoms with Crippen molar-refractivity contribution in [2.75, 3.05) is 0 Å². The van der Waals surface area contributed by atoms with Crippen LogP contribution in [0.4, 0.5) is 0 Å². The van der Waals surface area contributed by atoms with Crippen molar-refractivity contribution in [1.82, 2.24) is 0 Å². The molecule has 0 aromatic carbocycles. The summed E-state index contributed by atoms with van der Waals surface area (Å²) in [6.45, 7) is 0. The quantitative estimate of drug-likeness (QED) is 0.350. The fraction of sp³-hybridized carbons (Fsp3) is 0. The van der Waals surface area contributed by atoms with Crippen molar-refractivity contribution in [2.45, 2.75) is 0 Å². The summed E-state index contributed by atoms with van der Waals surface area (Å²) in [5.74, 6) is 8.00. The third-order valence-corrected chi connectivity index (χ3v) is 0. The van der Waals surface area contributed by atoms with Gasteiger partial charge in [0, 0.05) is 0 Å². The average molecular weight is 244 g/mol. The molecular formula is H5N2OPt. The molecule has 0 fully saturated rings. The monoisotopic (exact) mass is 244 g/mol. The topological polar surface area (TPSA) is 72.3 Å². The molecule has 0 aliphatic heterocycles. The van der Waals surface area contributed by atoms with Crippen molar-refractivity contribution in [3.63, 3.8) is 0 Å². The van der Waals surface area contributed by atoms with Crippen LogP contribution < -0.4 is 11.7 Å². The zero-order valence-electron chi connectivity index (χ0n) is 1.92. The summed E-state index contributed by atoms with van der Waals surface area (Å²) in [7, 11) is 0. The van der Waals surface area contributed by atoms with Crippen molar-refractivity contribution >= 4 is 0 Å². The first-order valence-corrected chi connectivity index (χ1v) is 1.49. The molecule has 0 saturated carbocycles. The fourth-order valence-corrected chi connectivity index (χ4v) is 0. The zero-order chi connectivity index (χ0) is 4.00. The Morgan fingerprint density at radius 2 is 1.25 bits per heavy atom. The Morgan fingerprint density at radius 1 is 1.25 bits per heavy atom. The molecular weight excluding hydrogens is 239 g/mol. The predicted octanol–water partition coefficient (Wildman–Crippen LogP) is -1.74. The van der Waals surface area contributed by atoms with Crippen molar-refractivity contribution in [3.8, 4) is 0 Å². The van der Waals surface area contributed by atoms with E-state index in [1.54, 1.807) is 0 Å². The molecule has 0 heterocycles. The molecule has 0 spiro atoms. The van der Waals surface area contributed by atoms with Gasteiger partial charge in [0.25, 0.3) is 0 Å². The van der Waals surface area contributed by atoms with Crippen molar-refractivity contribution in [2.24, 2.45) is 11.7 Å². The number of hydrogen-bond acceptors (Lipinski definition) is 3. The molecule has 0 atom stereocenters. The summed E-state index contributed by atoms with van der Waals surface area (Å²) in [4.78, 5) is 0. The normalized spacial score (nSPS) is 3.25. The minimum absolute atomic E-state index is 1.14. The van der Waals surface area contributed by atoms with Gasteiger partial charge in [-0.3, -0.25) is 11.7 Å². The molecule has 0 aromatic rings. The fourth-order valence-electron chi connectivity index (χ4n) is 0. The van der Waals surface area contributed by atoms with Crippen LogP contribution in [0.25, 0.3) is 0 Å². The molecule has 0 saturated heterocycles. The first-order valence-electron chi connectivity index (χ1n) is 0.475. The van der Waals surface area contributed by atoms with E-state index < -0.39 is 0 Å². The van der Waals surface area contributed by atoms with E-state index in [2.05, 4.69) is 11.7 Å². The molecule has 4 heavy (non-hydrogen) atoms. The van der Waals surface area contributed by atoms with E-state index in [1.807, 2.05) is 0 Å². The number of rotatable bonds is 0. The van der Waals surface area contributed by atoms with E-state index in [1.165, 1.54) is 0 Å². The van der Waals surface area contributed by atoms with Crippen LogP contribution in [0.2, 0.25) is 0 Å². The third kappa shape index (κ3) is 19.6. The number of hydrogen-bond donors (Lipinski definition) is 3. The van der Waals surface area contributed by atoms with E-state index >= 15 is 0 Å². The molecule has 0 unspecified atom stereocenters. The molecule has 5 N–H and O–H groups in total. The van der Waals surface area contributed by atoms with Crippen LogP contribution in [-0.4, -0.2) is 3.76 Å². The third-order valence-electron chi connectivity index (χ3n) is 0. The number of hydrazine groups is 1. The molecule has 0 aliphatic rings.